The summed E-state index contributed by atoms with van der Waals surface area (Å²) in [6.07, 6.45) is 0. The Morgan fingerprint density at radius 3 is 2.60 bits per heavy atom. The van der Waals surface area contributed by atoms with Crippen LogP contribution >= 0.6 is 27.3 Å². The Hall–Kier alpha value is -0.880. The molecule has 15 heavy (non-hydrogen) atoms. The second kappa shape index (κ2) is 4.76. The van der Waals surface area contributed by atoms with Gasteiger partial charge in [-0.25, -0.2) is 0 Å². The number of carboxylic acid groups (broad SMARTS) is 1. The van der Waals surface area contributed by atoms with Gasteiger partial charge in [-0.1, -0.05) is 0 Å². The van der Waals surface area contributed by atoms with E-state index in [9.17, 15) is 9.59 Å². The zero-order valence-corrected chi connectivity index (χ0v) is 10.6. The zero-order chi connectivity index (χ0) is 11.6. The second-order valence-corrected chi connectivity index (χ2v) is 5.65. The highest BCUT2D eigenvalue weighted by Gasteiger charge is 2.18. The third-order valence-electron chi connectivity index (χ3n) is 1.77. The number of aliphatic carboxylic acids is 1. The summed E-state index contributed by atoms with van der Waals surface area (Å²) in [6.45, 7) is 3.31. The largest absolute Gasteiger partial charge is 0.480 e. The molecule has 4 nitrogen and oxygen atoms in total. The minimum absolute atomic E-state index is 0.374. The minimum atomic E-state index is -1.05. The van der Waals surface area contributed by atoms with Gasteiger partial charge in [0.15, 0.2) is 0 Å². The van der Waals surface area contributed by atoms with Crippen LogP contribution in [0.5, 0.6) is 0 Å². The molecule has 1 rings (SSSR count). The van der Waals surface area contributed by atoms with Gasteiger partial charge in [-0.15, -0.1) is 11.3 Å². The zero-order valence-electron chi connectivity index (χ0n) is 8.20. The van der Waals surface area contributed by atoms with Crippen LogP contribution in [0.15, 0.2) is 9.85 Å². The number of carboxylic acids is 1. The predicted octanol–water partition coefficient (Wildman–Crippen LogP) is 2.02. The van der Waals surface area contributed by atoms with E-state index in [2.05, 4.69) is 21.2 Å². The molecule has 0 saturated carbocycles. The third-order valence-corrected chi connectivity index (χ3v) is 3.52. The molecular weight excluding hydrogens is 282 g/mol. The predicted molar refractivity (Wildman–Crippen MR) is 61.3 cm³/mol. The number of amides is 1. The van der Waals surface area contributed by atoms with Crippen molar-refractivity contribution in [1.82, 2.24) is 5.32 Å². The number of carbonyl (C=O) groups is 2. The summed E-state index contributed by atoms with van der Waals surface area (Å²) >= 11 is 4.70. The van der Waals surface area contributed by atoms with Crippen molar-refractivity contribution in [3.05, 3.63) is 20.3 Å². The average molecular weight is 292 g/mol. The van der Waals surface area contributed by atoms with Gasteiger partial charge in [0.2, 0.25) is 0 Å². The van der Waals surface area contributed by atoms with Gasteiger partial charge in [-0.3, -0.25) is 9.59 Å². The molecule has 2 N–H and O–H groups in total. The lowest BCUT2D eigenvalue weighted by Crippen LogP contribution is -2.38. The van der Waals surface area contributed by atoms with Crippen LogP contribution < -0.4 is 5.32 Å². The molecule has 82 valence electrons. The Balaban J connectivity index is 2.77. The fourth-order valence-corrected chi connectivity index (χ4v) is 2.76. The van der Waals surface area contributed by atoms with E-state index in [0.29, 0.717) is 5.56 Å². The van der Waals surface area contributed by atoms with Gasteiger partial charge in [0.05, 0.1) is 9.35 Å². The van der Waals surface area contributed by atoms with Crippen molar-refractivity contribution in [3.8, 4) is 0 Å². The molecule has 1 heterocycles. The van der Waals surface area contributed by atoms with Crippen LogP contribution in [0.4, 0.5) is 0 Å². The summed E-state index contributed by atoms with van der Waals surface area (Å²) in [7, 11) is 0. The Kier molecular flexibility index (Phi) is 3.87. The summed E-state index contributed by atoms with van der Waals surface area (Å²) in [5.74, 6) is -1.42. The van der Waals surface area contributed by atoms with Crippen LogP contribution in [0.3, 0.4) is 0 Å². The third kappa shape index (κ3) is 3.04. The quantitative estimate of drug-likeness (QED) is 0.895. The topological polar surface area (TPSA) is 66.4 Å². The molecule has 0 aliphatic rings. The lowest BCUT2D eigenvalue weighted by atomic mass is 10.2. The SMILES string of the molecule is Cc1cc(C(=O)N[C@@H](C)C(=O)O)c(Br)s1. The first-order valence-electron chi connectivity index (χ1n) is 4.21. The molecule has 6 heteroatoms. The highest BCUT2D eigenvalue weighted by atomic mass is 79.9. The van der Waals surface area contributed by atoms with Gasteiger partial charge in [0, 0.05) is 4.88 Å². The van der Waals surface area contributed by atoms with E-state index in [1.165, 1.54) is 18.3 Å². The lowest BCUT2D eigenvalue weighted by molar-refractivity contribution is -0.138. The minimum Gasteiger partial charge on any atom is -0.480 e. The summed E-state index contributed by atoms with van der Waals surface area (Å²) in [4.78, 5) is 23.1. The number of halogens is 1. The molecule has 0 bridgehead atoms. The molecular formula is C9H10BrNO3S. The number of hydrogen-bond donors (Lipinski definition) is 2. The summed E-state index contributed by atoms with van der Waals surface area (Å²) < 4.78 is 0.718. The summed E-state index contributed by atoms with van der Waals surface area (Å²) in [5.41, 5.74) is 0.477. The highest BCUT2D eigenvalue weighted by Crippen LogP contribution is 2.27. The van der Waals surface area contributed by atoms with E-state index in [-0.39, 0.29) is 5.91 Å². The summed E-state index contributed by atoms with van der Waals surface area (Å²) in [5, 5.41) is 11.0. The van der Waals surface area contributed by atoms with E-state index in [1.807, 2.05) is 6.92 Å². The van der Waals surface area contributed by atoms with E-state index in [0.717, 1.165) is 8.66 Å². The number of hydrogen-bond acceptors (Lipinski definition) is 3. The second-order valence-electron chi connectivity index (χ2n) is 3.08. The van der Waals surface area contributed by atoms with Gasteiger partial charge in [0.1, 0.15) is 6.04 Å². The van der Waals surface area contributed by atoms with Crippen molar-refractivity contribution in [2.45, 2.75) is 19.9 Å². The fourth-order valence-electron chi connectivity index (χ4n) is 0.977. The van der Waals surface area contributed by atoms with Crippen LogP contribution in [0, 0.1) is 6.92 Å². The van der Waals surface area contributed by atoms with Crippen LogP contribution in [0.25, 0.3) is 0 Å². The molecule has 0 unspecified atom stereocenters. The molecule has 0 aliphatic heterocycles. The lowest BCUT2D eigenvalue weighted by Gasteiger charge is -2.08. The number of thiophene rings is 1. The molecule has 0 aliphatic carbocycles. The maximum absolute atomic E-state index is 11.6. The number of aryl methyl sites for hydroxylation is 1. The van der Waals surface area contributed by atoms with Crippen molar-refractivity contribution in [1.29, 1.82) is 0 Å². The first kappa shape index (κ1) is 12.2. The van der Waals surface area contributed by atoms with Crippen molar-refractivity contribution >= 4 is 39.1 Å². The van der Waals surface area contributed by atoms with Crippen LogP contribution in [0.1, 0.15) is 22.2 Å². The smallest absolute Gasteiger partial charge is 0.325 e. The maximum atomic E-state index is 11.6. The number of carbonyl (C=O) groups excluding carboxylic acids is 1. The number of nitrogens with one attached hydrogen (secondary N) is 1. The van der Waals surface area contributed by atoms with Gasteiger partial charge in [-0.05, 0) is 35.8 Å². The van der Waals surface area contributed by atoms with Crippen molar-refractivity contribution in [2.24, 2.45) is 0 Å². The highest BCUT2D eigenvalue weighted by molar-refractivity contribution is 9.11. The molecule has 1 amide bonds. The van der Waals surface area contributed by atoms with Gasteiger partial charge in [0.25, 0.3) is 5.91 Å². The fraction of sp³-hybridized carbons (Fsp3) is 0.333. The molecule has 0 aromatic carbocycles. The molecule has 0 radical (unpaired) electrons. The average Bonchev–Trinajstić information content (AvgIpc) is 2.44. The van der Waals surface area contributed by atoms with Crippen LogP contribution in [-0.2, 0) is 4.79 Å². The Bertz CT molecular complexity index is 402. The monoisotopic (exact) mass is 291 g/mol. The molecule has 1 atom stereocenters. The number of rotatable bonds is 3. The van der Waals surface area contributed by atoms with Crippen LogP contribution in [0.2, 0.25) is 0 Å². The standard InChI is InChI=1S/C9H10BrNO3S/c1-4-3-6(7(10)15-4)8(12)11-5(2)9(13)14/h3,5H,1-2H3,(H,11,12)(H,13,14)/t5-/m0/s1. The van der Waals surface area contributed by atoms with Gasteiger partial charge >= 0.3 is 5.97 Å². The Labute approximate surface area is 99.4 Å². The molecule has 0 saturated heterocycles. The van der Waals surface area contributed by atoms with Gasteiger partial charge < -0.3 is 10.4 Å². The van der Waals surface area contributed by atoms with E-state index >= 15 is 0 Å². The van der Waals surface area contributed by atoms with Crippen molar-refractivity contribution in [3.63, 3.8) is 0 Å². The van der Waals surface area contributed by atoms with Crippen molar-refractivity contribution in [2.75, 3.05) is 0 Å². The Morgan fingerprint density at radius 2 is 2.20 bits per heavy atom. The molecule has 1 aromatic heterocycles. The van der Waals surface area contributed by atoms with Crippen LogP contribution in [-0.4, -0.2) is 23.0 Å². The molecule has 0 spiro atoms. The first-order valence-corrected chi connectivity index (χ1v) is 5.82. The normalized spacial score (nSPS) is 12.2. The summed E-state index contributed by atoms with van der Waals surface area (Å²) in [6, 6.07) is 0.836. The van der Waals surface area contributed by atoms with Crippen molar-refractivity contribution < 1.29 is 14.7 Å². The molecule has 1 aromatic rings. The Morgan fingerprint density at radius 1 is 1.60 bits per heavy atom. The first-order chi connectivity index (χ1) is 6.91. The maximum Gasteiger partial charge on any atom is 0.325 e. The van der Waals surface area contributed by atoms with E-state index in [1.54, 1.807) is 6.07 Å². The van der Waals surface area contributed by atoms with Gasteiger partial charge in [-0.2, -0.15) is 0 Å². The molecule has 0 fully saturated rings. The van der Waals surface area contributed by atoms with E-state index in [4.69, 9.17) is 5.11 Å². The van der Waals surface area contributed by atoms with E-state index < -0.39 is 12.0 Å².